The fraction of sp³-hybridized carbons (Fsp3) is 0.115. The summed E-state index contributed by atoms with van der Waals surface area (Å²) in [6.07, 6.45) is 3.73. The smallest absolute Gasteiger partial charge is 0.242 e. The van der Waals surface area contributed by atoms with Crippen molar-refractivity contribution in [3.05, 3.63) is 90.4 Å². The number of imidazole rings is 1. The van der Waals surface area contributed by atoms with Crippen LogP contribution in [0, 0.1) is 11.8 Å². The van der Waals surface area contributed by atoms with Gasteiger partial charge in [-0.15, -0.1) is 0 Å². The van der Waals surface area contributed by atoms with Crippen molar-refractivity contribution < 1.29 is 4.79 Å². The van der Waals surface area contributed by atoms with Crippen molar-refractivity contribution in [3.63, 3.8) is 0 Å². The van der Waals surface area contributed by atoms with Crippen LogP contribution in [0.5, 0.6) is 0 Å². The van der Waals surface area contributed by atoms with Crippen LogP contribution >= 0.6 is 0 Å². The van der Waals surface area contributed by atoms with Crippen molar-refractivity contribution in [3.8, 4) is 23.1 Å². The van der Waals surface area contributed by atoms with Gasteiger partial charge in [-0.1, -0.05) is 30.7 Å². The number of hydrogen-bond donors (Lipinski definition) is 3. The van der Waals surface area contributed by atoms with Gasteiger partial charge in [0.2, 0.25) is 5.91 Å². The number of aromatic nitrogens is 3. The predicted molar refractivity (Wildman–Crippen MR) is 131 cm³/mol. The van der Waals surface area contributed by atoms with Crippen molar-refractivity contribution in [2.75, 3.05) is 12.4 Å². The molecule has 4 aromatic rings. The molecule has 1 amide bonds. The molecule has 1 unspecified atom stereocenters. The molecule has 0 aliphatic rings. The number of nitrogens with zero attached hydrogens (tertiary/aromatic N) is 3. The highest BCUT2D eigenvalue weighted by molar-refractivity contribution is 5.94. The zero-order valence-electron chi connectivity index (χ0n) is 18.5. The van der Waals surface area contributed by atoms with E-state index in [0.717, 1.165) is 28.0 Å². The van der Waals surface area contributed by atoms with Crippen LogP contribution in [-0.4, -0.2) is 33.4 Å². The van der Waals surface area contributed by atoms with Crippen molar-refractivity contribution >= 4 is 23.1 Å². The molecule has 0 saturated carbocycles. The Morgan fingerprint density at radius 1 is 1.12 bits per heavy atom. The Morgan fingerprint density at radius 2 is 1.91 bits per heavy atom. The zero-order valence-corrected chi connectivity index (χ0v) is 18.5. The number of amides is 1. The molecule has 3 heterocycles. The van der Waals surface area contributed by atoms with Gasteiger partial charge in [0.15, 0.2) is 0 Å². The zero-order chi connectivity index (χ0) is 23.4. The molecule has 4 rings (SSSR count). The van der Waals surface area contributed by atoms with Gasteiger partial charge in [-0.05, 0) is 61.9 Å². The predicted octanol–water partition coefficient (Wildman–Crippen LogP) is 3.27. The number of nitrogens with two attached hydrogens (primary N) is 1. The molecule has 7 nitrogen and oxygen atoms in total. The van der Waals surface area contributed by atoms with Gasteiger partial charge < -0.3 is 16.4 Å². The number of fused-ring (bicyclic) bond motifs is 1. The number of likely N-dealkylation sites (N-methyl/N-ethyl adjacent to an activating group) is 1. The number of pyridine rings is 2. The van der Waals surface area contributed by atoms with Gasteiger partial charge in [-0.3, -0.25) is 9.20 Å². The first-order chi connectivity index (χ1) is 16.0. The second kappa shape index (κ2) is 9.39. The molecule has 0 aliphatic carbocycles. The van der Waals surface area contributed by atoms with E-state index in [1.165, 1.54) is 0 Å². The average Bonchev–Trinajstić information content (AvgIpc) is 3.26. The third-order valence-electron chi connectivity index (χ3n) is 5.25. The molecule has 33 heavy (non-hydrogen) atoms. The maximum atomic E-state index is 12.3. The fourth-order valence-electron chi connectivity index (χ4n) is 3.23. The number of carbonyl (C=O) groups is 1. The lowest BCUT2D eigenvalue weighted by atomic mass is 10.1. The molecule has 1 aromatic carbocycles. The molecular formula is C26H24N6O. The molecule has 0 spiro atoms. The lowest BCUT2D eigenvalue weighted by molar-refractivity contribution is -0.117. The minimum Gasteiger partial charge on any atom is -0.399 e. The summed E-state index contributed by atoms with van der Waals surface area (Å²) in [5.41, 5.74) is 10.9. The molecule has 0 radical (unpaired) electrons. The van der Waals surface area contributed by atoms with Gasteiger partial charge >= 0.3 is 0 Å². The number of nitrogens with one attached hydrogen (secondary N) is 2. The van der Waals surface area contributed by atoms with Crippen molar-refractivity contribution in [1.82, 2.24) is 19.7 Å². The third kappa shape index (κ3) is 4.76. The molecule has 0 fully saturated rings. The van der Waals surface area contributed by atoms with Gasteiger partial charge in [-0.2, -0.15) is 0 Å². The minimum atomic E-state index is -0.351. The highest BCUT2D eigenvalue weighted by Crippen LogP contribution is 2.25. The van der Waals surface area contributed by atoms with Crippen molar-refractivity contribution in [2.45, 2.75) is 13.0 Å². The largest absolute Gasteiger partial charge is 0.399 e. The van der Waals surface area contributed by atoms with Crippen LogP contribution < -0.4 is 16.4 Å². The molecule has 7 heteroatoms. The molecule has 1 atom stereocenters. The van der Waals surface area contributed by atoms with E-state index in [2.05, 4.69) is 39.0 Å². The monoisotopic (exact) mass is 436 g/mol. The summed E-state index contributed by atoms with van der Waals surface area (Å²) >= 11 is 0. The fourth-order valence-corrected chi connectivity index (χ4v) is 3.23. The number of hydrogen-bond acceptors (Lipinski definition) is 5. The Balaban J connectivity index is 1.77. The van der Waals surface area contributed by atoms with Gasteiger partial charge in [-0.25, -0.2) is 9.97 Å². The molecule has 0 bridgehead atoms. The summed E-state index contributed by atoms with van der Waals surface area (Å²) in [7, 11) is 1.73. The highest BCUT2D eigenvalue weighted by Gasteiger charge is 2.15. The number of rotatable bonds is 5. The quantitative estimate of drug-likeness (QED) is 0.417. The van der Waals surface area contributed by atoms with Crippen molar-refractivity contribution in [1.29, 1.82) is 0 Å². The lowest BCUT2D eigenvalue weighted by Gasteiger charge is -2.12. The third-order valence-corrected chi connectivity index (χ3v) is 5.25. The van der Waals surface area contributed by atoms with Gasteiger partial charge in [0.05, 0.1) is 17.9 Å². The maximum absolute atomic E-state index is 12.3. The topological polar surface area (TPSA) is 97.3 Å². The Labute approximate surface area is 192 Å². The summed E-state index contributed by atoms with van der Waals surface area (Å²) in [5.74, 6) is 6.57. The van der Waals surface area contributed by atoms with E-state index in [1.54, 1.807) is 26.2 Å². The van der Waals surface area contributed by atoms with E-state index in [0.29, 0.717) is 17.2 Å². The maximum Gasteiger partial charge on any atom is 0.242 e. The lowest BCUT2D eigenvalue weighted by Crippen LogP contribution is -2.35. The molecule has 164 valence electrons. The van der Waals surface area contributed by atoms with E-state index in [9.17, 15) is 4.79 Å². The van der Waals surface area contributed by atoms with Crippen LogP contribution in [0.1, 0.15) is 23.7 Å². The minimum absolute atomic E-state index is 0.177. The Bertz CT molecular complexity index is 1390. The highest BCUT2D eigenvalue weighted by atomic mass is 16.2. The Hall–Kier alpha value is -4.41. The number of carbonyl (C=O) groups excluding carboxylic acids is 1. The summed E-state index contributed by atoms with van der Waals surface area (Å²) in [5, 5.41) is 5.75. The standard InChI is InChI=1S/C26H24N6O/c1-17(27)20-10-7-19(8-11-20)9-13-22-21(23-16-29-25-6-4-5-15-32(23)25)12-14-24(30-22)31-26(33)18(2)28-3/h4-8,10-12,14-16,18,28H,1,27H2,2-3H3,(H,30,31,33). The number of anilines is 1. The van der Waals surface area contributed by atoms with Crippen LogP contribution in [0.4, 0.5) is 5.82 Å². The normalized spacial score (nSPS) is 11.5. The van der Waals surface area contributed by atoms with E-state index in [4.69, 9.17) is 5.73 Å². The summed E-state index contributed by atoms with van der Waals surface area (Å²) in [6.45, 7) is 5.53. The molecule has 0 aliphatic heterocycles. The molecule has 3 aromatic heterocycles. The Morgan fingerprint density at radius 3 is 2.64 bits per heavy atom. The van der Waals surface area contributed by atoms with Crippen LogP contribution in [0.3, 0.4) is 0 Å². The summed E-state index contributed by atoms with van der Waals surface area (Å²) in [4.78, 5) is 21.4. The number of benzene rings is 1. The second-order valence-electron chi connectivity index (χ2n) is 7.52. The van der Waals surface area contributed by atoms with Crippen LogP contribution in [0.25, 0.3) is 22.6 Å². The molecule has 4 N–H and O–H groups in total. The summed E-state index contributed by atoms with van der Waals surface area (Å²) in [6, 6.07) is 16.6. The summed E-state index contributed by atoms with van der Waals surface area (Å²) < 4.78 is 1.98. The Kier molecular flexibility index (Phi) is 6.20. The van der Waals surface area contributed by atoms with E-state index >= 15 is 0 Å². The first-order valence-electron chi connectivity index (χ1n) is 10.4. The molecule has 0 saturated heterocycles. The van der Waals surface area contributed by atoms with Gasteiger partial charge in [0, 0.05) is 23.0 Å². The van der Waals surface area contributed by atoms with Crippen molar-refractivity contribution in [2.24, 2.45) is 5.73 Å². The first kappa shape index (κ1) is 21.8. The van der Waals surface area contributed by atoms with E-state index < -0.39 is 0 Å². The van der Waals surface area contributed by atoms with Gasteiger partial charge in [0.1, 0.15) is 17.2 Å². The molecular weight excluding hydrogens is 412 g/mol. The second-order valence-corrected chi connectivity index (χ2v) is 7.52. The van der Waals surface area contributed by atoms with Crippen LogP contribution in [0.15, 0.2) is 73.6 Å². The van der Waals surface area contributed by atoms with Crippen LogP contribution in [0.2, 0.25) is 0 Å². The van der Waals surface area contributed by atoms with E-state index in [1.807, 2.05) is 59.1 Å². The SMILES string of the molecule is C=C(N)c1ccc(C#Cc2nc(NC(=O)C(C)NC)ccc2-c2cnc3ccccn23)cc1. The van der Waals surface area contributed by atoms with Gasteiger partial charge in [0.25, 0.3) is 0 Å². The van der Waals surface area contributed by atoms with Crippen LogP contribution in [-0.2, 0) is 4.79 Å². The van der Waals surface area contributed by atoms with E-state index in [-0.39, 0.29) is 11.9 Å². The first-order valence-corrected chi connectivity index (χ1v) is 10.4. The average molecular weight is 437 g/mol.